The fourth-order valence-corrected chi connectivity index (χ4v) is 2.46. The Bertz CT molecular complexity index is 1010. The summed E-state index contributed by atoms with van der Waals surface area (Å²) in [7, 11) is 0. The Balaban J connectivity index is 1.72. The number of anilines is 1. The lowest BCUT2D eigenvalue weighted by atomic mass is 9.92. The molecule has 10 heteroatoms. The molecule has 0 atom stereocenters. The Morgan fingerprint density at radius 2 is 1.73 bits per heavy atom. The lowest BCUT2D eigenvalue weighted by molar-refractivity contribution is -0.137. The lowest BCUT2D eigenvalue weighted by Crippen LogP contribution is -2.22. The first kappa shape index (κ1) is 21.3. The first-order valence-electron chi connectivity index (χ1n) is 9.02. The van der Waals surface area contributed by atoms with Gasteiger partial charge in [0.15, 0.2) is 6.61 Å². The molecule has 1 N–H and O–H groups in total. The number of hydrogen-bond donors (Lipinski definition) is 1. The number of aromatic nitrogens is 4. The van der Waals surface area contributed by atoms with Crippen LogP contribution in [0.4, 0.5) is 19.0 Å². The van der Waals surface area contributed by atoms with Crippen molar-refractivity contribution in [1.82, 2.24) is 19.7 Å². The van der Waals surface area contributed by atoms with Crippen molar-refractivity contribution in [2.24, 2.45) is 0 Å². The van der Waals surface area contributed by atoms with Crippen molar-refractivity contribution >= 4 is 11.7 Å². The molecule has 3 rings (SSSR count). The Labute approximate surface area is 170 Å². The topological polar surface area (TPSA) is 81.9 Å². The molecule has 0 radical (unpaired) electrons. The maximum absolute atomic E-state index is 12.6. The van der Waals surface area contributed by atoms with Gasteiger partial charge in [0.2, 0.25) is 0 Å². The highest BCUT2D eigenvalue weighted by molar-refractivity contribution is 5.91. The second-order valence-electron chi connectivity index (χ2n) is 7.48. The highest BCUT2D eigenvalue weighted by Gasteiger charge is 2.30. The number of alkyl halides is 3. The van der Waals surface area contributed by atoms with E-state index in [1.165, 1.54) is 4.68 Å². The Kier molecular flexibility index (Phi) is 5.77. The summed E-state index contributed by atoms with van der Waals surface area (Å²) in [6.07, 6.45) is -1.32. The molecule has 0 fully saturated rings. The SMILES string of the molecule is CC(C)(C)c1cc(NC(=O)COc2ccc(C(F)(F)F)cc2)n(-c2ncccn2)n1. The first-order valence-corrected chi connectivity index (χ1v) is 9.02. The normalized spacial score (nSPS) is 11.9. The van der Waals surface area contributed by atoms with Gasteiger partial charge in [-0.15, -0.1) is 0 Å². The number of hydrogen-bond acceptors (Lipinski definition) is 5. The molecule has 2 aromatic heterocycles. The summed E-state index contributed by atoms with van der Waals surface area (Å²) in [5.74, 6) is 0.278. The van der Waals surface area contributed by atoms with E-state index >= 15 is 0 Å². The minimum absolute atomic E-state index is 0.147. The number of nitrogens with one attached hydrogen (secondary N) is 1. The molecule has 0 aliphatic rings. The van der Waals surface area contributed by atoms with Gasteiger partial charge in [-0.2, -0.15) is 23.0 Å². The second-order valence-corrected chi connectivity index (χ2v) is 7.48. The maximum Gasteiger partial charge on any atom is 0.416 e. The number of halogens is 3. The fraction of sp³-hybridized carbons (Fsp3) is 0.300. The minimum atomic E-state index is -4.43. The van der Waals surface area contributed by atoms with Gasteiger partial charge in [-0.05, 0) is 30.3 Å². The van der Waals surface area contributed by atoms with Crippen molar-refractivity contribution in [3.8, 4) is 11.7 Å². The number of benzene rings is 1. The van der Waals surface area contributed by atoms with E-state index in [-0.39, 0.29) is 17.1 Å². The van der Waals surface area contributed by atoms with Gasteiger partial charge in [-0.25, -0.2) is 9.97 Å². The van der Waals surface area contributed by atoms with E-state index in [0.717, 1.165) is 24.3 Å². The van der Waals surface area contributed by atoms with Gasteiger partial charge >= 0.3 is 6.18 Å². The summed E-state index contributed by atoms with van der Waals surface area (Å²) in [6.45, 7) is 5.54. The van der Waals surface area contributed by atoms with Crippen LogP contribution in [0.15, 0.2) is 48.8 Å². The quantitative estimate of drug-likeness (QED) is 0.676. The predicted octanol–water partition coefficient (Wildman–Crippen LogP) is 4.00. The fourth-order valence-electron chi connectivity index (χ4n) is 2.46. The molecule has 1 aromatic carbocycles. The number of rotatable bonds is 5. The van der Waals surface area contributed by atoms with Crippen LogP contribution in [-0.4, -0.2) is 32.3 Å². The number of carbonyl (C=O) groups excluding carboxylic acids is 1. The summed E-state index contributed by atoms with van der Waals surface area (Å²) in [5.41, 5.74) is -0.356. The summed E-state index contributed by atoms with van der Waals surface area (Å²) >= 11 is 0. The van der Waals surface area contributed by atoms with Crippen LogP contribution in [0.3, 0.4) is 0 Å². The van der Waals surface area contributed by atoms with Crippen molar-refractivity contribution < 1.29 is 22.7 Å². The van der Waals surface area contributed by atoms with Gasteiger partial charge in [0.1, 0.15) is 11.6 Å². The van der Waals surface area contributed by atoms with Crippen LogP contribution in [0.5, 0.6) is 5.75 Å². The molecule has 7 nitrogen and oxygen atoms in total. The minimum Gasteiger partial charge on any atom is -0.484 e. The van der Waals surface area contributed by atoms with Gasteiger partial charge in [0.25, 0.3) is 11.9 Å². The molecule has 158 valence electrons. The van der Waals surface area contributed by atoms with E-state index in [1.807, 2.05) is 20.8 Å². The van der Waals surface area contributed by atoms with Crippen molar-refractivity contribution in [2.75, 3.05) is 11.9 Å². The van der Waals surface area contributed by atoms with Crippen LogP contribution in [0.2, 0.25) is 0 Å². The summed E-state index contributed by atoms with van der Waals surface area (Å²) in [4.78, 5) is 20.7. The third-order valence-electron chi connectivity index (χ3n) is 4.04. The molecular weight excluding hydrogens is 399 g/mol. The number of ether oxygens (including phenoxy) is 1. The second kappa shape index (κ2) is 8.13. The number of amides is 1. The molecule has 3 aromatic rings. The average Bonchev–Trinajstić information content (AvgIpc) is 3.11. The Morgan fingerprint density at radius 1 is 1.10 bits per heavy atom. The van der Waals surface area contributed by atoms with E-state index in [2.05, 4.69) is 20.4 Å². The molecule has 0 aliphatic heterocycles. The zero-order valence-electron chi connectivity index (χ0n) is 16.6. The van der Waals surface area contributed by atoms with Crippen molar-refractivity contribution in [3.63, 3.8) is 0 Å². The summed E-state index contributed by atoms with van der Waals surface area (Å²) in [6, 6.07) is 7.49. The van der Waals surface area contributed by atoms with E-state index in [4.69, 9.17) is 4.74 Å². The zero-order valence-corrected chi connectivity index (χ0v) is 16.6. The van der Waals surface area contributed by atoms with E-state index in [0.29, 0.717) is 11.5 Å². The molecule has 0 aliphatic carbocycles. The first-order chi connectivity index (χ1) is 14.0. The van der Waals surface area contributed by atoms with Crippen LogP contribution in [-0.2, 0) is 16.4 Å². The van der Waals surface area contributed by atoms with E-state index in [9.17, 15) is 18.0 Å². The third-order valence-corrected chi connectivity index (χ3v) is 4.04. The van der Waals surface area contributed by atoms with Gasteiger partial charge in [0.05, 0.1) is 11.3 Å². The molecule has 0 unspecified atom stereocenters. The van der Waals surface area contributed by atoms with Crippen LogP contribution < -0.4 is 10.1 Å². The van der Waals surface area contributed by atoms with Crippen molar-refractivity contribution in [1.29, 1.82) is 0 Å². The molecule has 2 heterocycles. The number of nitrogens with zero attached hydrogens (tertiary/aromatic N) is 4. The van der Waals surface area contributed by atoms with Gasteiger partial charge < -0.3 is 10.1 Å². The Morgan fingerprint density at radius 3 is 2.30 bits per heavy atom. The molecule has 0 saturated heterocycles. The Hall–Kier alpha value is -3.43. The maximum atomic E-state index is 12.6. The molecule has 30 heavy (non-hydrogen) atoms. The monoisotopic (exact) mass is 419 g/mol. The molecule has 0 saturated carbocycles. The summed E-state index contributed by atoms with van der Waals surface area (Å²) < 4.78 is 44.5. The highest BCUT2D eigenvalue weighted by atomic mass is 19.4. The van der Waals surface area contributed by atoms with Gasteiger partial charge in [-0.3, -0.25) is 4.79 Å². The molecule has 1 amide bonds. The van der Waals surface area contributed by atoms with Crippen molar-refractivity contribution in [3.05, 3.63) is 60.0 Å². The van der Waals surface area contributed by atoms with Crippen LogP contribution in [0, 0.1) is 0 Å². The third kappa shape index (κ3) is 5.13. The van der Waals surface area contributed by atoms with Crippen LogP contribution in [0.25, 0.3) is 5.95 Å². The zero-order chi connectivity index (χ0) is 21.9. The van der Waals surface area contributed by atoms with Gasteiger partial charge in [0, 0.05) is 23.9 Å². The molecule has 0 spiro atoms. The average molecular weight is 419 g/mol. The lowest BCUT2D eigenvalue weighted by Gasteiger charge is -2.13. The van der Waals surface area contributed by atoms with Gasteiger partial charge in [-0.1, -0.05) is 20.8 Å². The number of carbonyl (C=O) groups is 1. The van der Waals surface area contributed by atoms with Crippen molar-refractivity contribution in [2.45, 2.75) is 32.4 Å². The van der Waals surface area contributed by atoms with E-state index < -0.39 is 24.3 Å². The van der Waals surface area contributed by atoms with Crippen LogP contribution in [0.1, 0.15) is 32.0 Å². The molecular formula is C20H20F3N5O2. The smallest absolute Gasteiger partial charge is 0.416 e. The van der Waals surface area contributed by atoms with E-state index in [1.54, 1.807) is 24.5 Å². The largest absolute Gasteiger partial charge is 0.484 e. The standard InChI is InChI=1S/C20H20F3N5O2/c1-19(2,3)15-11-16(28(27-15)18-24-9-4-10-25-18)26-17(29)12-30-14-7-5-13(6-8-14)20(21,22)23/h4-11H,12H2,1-3H3,(H,26,29). The summed E-state index contributed by atoms with van der Waals surface area (Å²) in [5, 5.41) is 7.17. The van der Waals surface area contributed by atoms with Crippen LogP contribution >= 0.6 is 0 Å². The highest BCUT2D eigenvalue weighted by Crippen LogP contribution is 2.30. The molecule has 0 bridgehead atoms. The predicted molar refractivity (Wildman–Crippen MR) is 103 cm³/mol.